The van der Waals surface area contributed by atoms with Crippen LogP contribution in [-0.2, 0) is 6.54 Å². The third-order valence-corrected chi connectivity index (χ3v) is 3.03. The molecule has 1 heterocycles. The van der Waals surface area contributed by atoms with Crippen molar-refractivity contribution in [1.29, 1.82) is 0 Å². The van der Waals surface area contributed by atoms with Crippen molar-refractivity contribution in [3.63, 3.8) is 0 Å². The van der Waals surface area contributed by atoms with Crippen LogP contribution in [0.3, 0.4) is 0 Å². The largest absolute Gasteiger partial charge is 0.384 e. The Morgan fingerprint density at radius 1 is 1.52 bits per heavy atom. The van der Waals surface area contributed by atoms with E-state index < -0.39 is 0 Å². The molecule has 2 aromatic rings. The SMILES string of the molecule is CN(Cc1ncn[nH]1)C(=O)c1ccc(C#CCO)c(Cl)c1. The predicted octanol–water partition coefficient (Wildman–Crippen LogP) is 1.07. The van der Waals surface area contributed by atoms with E-state index in [1.54, 1.807) is 25.2 Å². The van der Waals surface area contributed by atoms with E-state index in [2.05, 4.69) is 27.0 Å². The molecule has 21 heavy (non-hydrogen) atoms. The smallest absolute Gasteiger partial charge is 0.254 e. The van der Waals surface area contributed by atoms with E-state index in [4.69, 9.17) is 16.7 Å². The molecule has 0 bridgehead atoms. The topological polar surface area (TPSA) is 82.1 Å². The molecule has 1 amide bonds. The second-order valence-electron chi connectivity index (χ2n) is 4.25. The highest BCUT2D eigenvalue weighted by Gasteiger charge is 2.14. The van der Waals surface area contributed by atoms with Crippen molar-refractivity contribution in [3.8, 4) is 11.8 Å². The molecule has 0 saturated carbocycles. The highest BCUT2D eigenvalue weighted by molar-refractivity contribution is 6.32. The third-order valence-electron chi connectivity index (χ3n) is 2.72. The van der Waals surface area contributed by atoms with Crippen LogP contribution >= 0.6 is 11.6 Å². The fraction of sp³-hybridized carbons (Fsp3) is 0.214. The number of nitrogens with one attached hydrogen (secondary N) is 1. The number of H-pyrrole nitrogens is 1. The molecule has 0 fully saturated rings. The van der Waals surface area contributed by atoms with E-state index >= 15 is 0 Å². The highest BCUT2D eigenvalue weighted by atomic mass is 35.5. The summed E-state index contributed by atoms with van der Waals surface area (Å²) >= 11 is 6.07. The summed E-state index contributed by atoms with van der Waals surface area (Å²) in [4.78, 5) is 17.8. The summed E-state index contributed by atoms with van der Waals surface area (Å²) in [6.07, 6.45) is 1.39. The van der Waals surface area contributed by atoms with Crippen LogP contribution < -0.4 is 0 Å². The Labute approximate surface area is 126 Å². The van der Waals surface area contributed by atoms with Gasteiger partial charge in [0.1, 0.15) is 18.8 Å². The second-order valence-corrected chi connectivity index (χ2v) is 4.66. The third kappa shape index (κ3) is 3.81. The van der Waals surface area contributed by atoms with Crippen molar-refractivity contribution >= 4 is 17.5 Å². The number of amides is 1. The average Bonchev–Trinajstić information content (AvgIpc) is 2.98. The van der Waals surface area contributed by atoms with E-state index in [0.29, 0.717) is 28.5 Å². The zero-order valence-corrected chi connectivity index (χ0v) is 12.1. The van der Waals surface area contributed by atoms with Crippen LogP contribution in [0, 0.1) is 11.8 Å². The summed E-state index contributed by atoms with van der Waals surface area (Å²) in [7, 11) is 1.66. The number of aliphatic hydroxyl groups is 1. The Hall–Kier alpha value is -2.36. The molecule has 0 spiro atoms. The summed E-state index contributed by atoms with van der Waals surface area (Å²) in [5.74, 6) is 5.64. The van der Waals surface area contributed by atoms with Gasteiger partial charge in [-0.1, -0.05) is 23.4 Å². The first-order valence-electron chi connectivity index (χ1n) is 6.11. The van der Waals surface area contributed by atoms with Gasteiger partial charge in [0.15, 0.2) is 0 Å². The van der Waals surface area contributed by atoms with Crippen LogP contribution in [0.4, 0.5) is 0 Å². The maximum atomic E-state index is 12.3. The lowest BCUT2D eigenvalue weighted by atomic mass is 10.1. The number of carbonyl (C=O) groups is 1. The zero-order valence-electron chi connectivity index (χ0n) is 11.3. The van der Waals surface area contributed by atoms with Gasteiger partial charge in [0.2, 0.25) is 0 Å². The minimum atomic E-state index is -0.239. The van der Waals surface area contributed by atoms with Gasteiger partial charge in [0.25, 0.3) is 5.91 Å². The summed E-state index contributed by atoms with van der Waals surface area (Å²) in [5.41, 5.74) is 1.02. The molecule has 2 rings (SSSR count). The number of rotatable bonds is 3. The number of aromatic nitrogens is 3. The number of hydrogen-bond donors (Lipinski definition) is 2. The molecule has 0 aliphatic carbocycles. The number of nitrogens with zero attached hydrogens (tertiary/aromatic N) is 3. The van der Waals surface area contributed by atoms with Gasteiger partial charge in [-0.3, -0.25) is 9.89 Å². The van der Waals surface area contributed by atoms with E-state index in [9.17, 15) is 4.79 Å². The van der Waals surface area contributed by atoms with Crippen LogP contribution in [0.15, 0.2) is 24.5 Å². The molecule has 0 saturated heterocycles. The molecular weight excluding hydrogens is 292 g/mol. The molecule has 7 heteroatoms. The lowest BCUT2D eigenvalue weighted by Gasteiger charge is -2.15. The number of benzene rings is 1. The van der Waals surface area contributed by atoms with Crippen molar-refractivity contribution in [2.45, 2.75) is 6.54 Å². The Morgan fingerprint density at radius 3 is 2.95 bits per heavy atom. The zero-order chi connectivity index (χ0) is 15.2. The van der Waals surface area contributed by atoms with Crippen molar-refractivity contribution in [2.75, 3.05) is 13.7 Å². The van der Waals surface area contributed by atoms with E-state index in [0.717, 1.165) is 0 Å². The van der Waals surface area contributed by atoms with E-state index in [-0.39, 0.29) is 12.5 Å². The van der Waals surface area contributed by atoms with Crippen molar-refractivity contribution < 1.29 is 9.90 Å². The Bertz CT molecular complexity index is 689. The summed E-state index contributed by atoms with van der Waals surface area (Å²) < 4.78 is 0. The monoisotopic (exact) mass is 304 g/mol. The molecule has 0 aliphatic rings. The van der Waals surface area contributed by atoms with Gasteiger partial charge in [-0.25, -0.2) is 4.98 Å². The Morgan fingerprint density at radius 2 is 2.33 bits per heavy atom. The molecular formula is C14H13ClN4O2. The van der Waals surface area contributed by atoms with Gasteiger partial charge >= 0.3 is 0 Å². The summed E-state index contributed by atoms with van der Waals surface area (Å²) in [6, 6.07) is 4.86. The number of carbonyl (C=O) groups excluding carboxylic acids is 1. The van der Waals surface area contributed by atoms with E-state index in [1.807, 2.05) is 0 Å². The molecule has 2 N–H and O–H groups in total. The average molecular weight is 305 g/mol. The molecule has 0 aliphatic heterocycles. The quantitative estimate of drug-likeness (QED) is 0.831. The van der Waals surface area contributed by atoms with Crippen LogP contribution in [0.1, 0.15) is 21.7 Å². The molecule has 1 aromatic carbocycles. The van der Waals surface area contributed by atoms with Gasteiger partial charge in [-0.15, -0.1) is 0 Å². The molecule has 6 nitrogen and oxygen atoms in total. The van der Waals surface area contributed by atoms with Gasteiger partial charge in [0, 0.05) is 18.2 Å². The van der Waals surface area contributed by atoms with E-state index in [1.165, 1.54) is 11.2 Å². The second kappa shape index (κ2) is 6.88. The lowest BCUT2D eigenvalue weighted by molar-refractivity contribution is 0.0781. The standard InChI is InChI=1S/C14H13ClN4O2/c1-19(8-13-16-9-17-18-13)14(21)11-5-4-10(3-2-6-20)12(15)7-11/h4-5,7,9,20H,6,8H2,1H3,(H,16,17,18). The molecule has 0 atom stereocenters. The first kappa shape index (κ1) is 15.0. The molecule has 1 aromatic heterocycles. The van der Waals surface area contributed by atoms with Crippen LogP contribution in [0.2, 0.25) is 5.02 Å². The van der Waals surface area contributed by atoms with Gasteiger partial charge in [-0.05, 0) is 18.2 Å². The summed E-state index contributed by atoms with van der Waals surface area (Å²) in [6.45, 7) is 0.0828. The predicted molar refractivity (Wildman–Crippen MR) is 77.6 cm³/mol. The van der Waals surface area contributed by atoms with Crippen molar-refractivity contribution in [1.82, 2.24) is 20.1 Å². The van der Waals surface area contributed by atoms with Crippen molar-refractivity contribution in [2.24, 2.45) is 0 Å². The van der Waals surface area contributed by atoms with Gasteiger partial charge in [-0.2, -0.15) is 5.10 Å². The first-order chi connectivity index (χ1) is 10.1. The van der Waals surface area contributed by atoms with Crippen LogP contribution in [0.25, 0.3) is 0 Å². The lowest BCUT2D eigenvalue weighted by Crippen LogP contribution is -2.26. The van der Waals surface area contributed by atoms with Crippen LogP contribution in [-0.4, -0.2) is 44.7 Å². The highest BCUT2D eigenvalue weighted by Crippen LogP contribution is 2.18. The van der Waals surface area contributed by atoms with Gasteiger partial charge < -0.3 is 10.0 Å². The molecule has 0 radical (unpaired) electrons. The fourth-order valence-corrected chi connectivity index (χ4v) is 1.94. The van der Waals surface area contributed by atoms with Gasteiger partial charge in [0.05, 0.1) is 11.6 Å². The first-order valence-corrected chi connectivity index (χ1v) is 6.48. The van der Waals surface area contributed by atoms with Crippen LogP contribution in [0.5, 0.6) is 0 Å². The molecule has 108 valence electrons. The number of aromatic amines is 1. The maximum Gasteiger partial charge on any atom is 0.254 e. The number of hydrogen-bond acceptors (Lipinski definition) is 4. The maximum absolute atomic E-state index is 12.3. The fourth-order valence-electron chi connectivity index (χ4n) is 1.71. The normalized spacial score (nSPS) is 9.86. The Balaban J connectivity index is 2.14. The number of halogens is 1. The molecule has 0 unspecified atom stereocenters. The van der Waals surface area contributed by atoms with Crippen molar-refractivity contribution in [3.05, 3.63) is 46.5 Å². The minimum Gasteiger partial charge on any atom is -0.384 e. The minimum absolute atomic E-state index is 0.185. The Kier molecular flexibility index (Phi) is 4.93. The summed E-state index contributed by atoms with van der Waals surface area (Å²) in [5, 5.41) is 15.5. The number of aliphatic hydroxyl groups excluding tert-OH is 1.